The van der Waals surface area contributed by atoms with Crippen molar-refractivity contribution in [2.75, 3.05) is 5.73 Å². The van der Waals surface area contributed by atoms with Gasteiger partial charge in [0.1, 0.15) is 0 Å². The maximum atomic E-state index is 5.87. The number of anilines is 1. The molecule has 2 N–H and O–H groups in total. The lowest BCUT2D eigenvalue weighted by atomic mass is 10.1. The quantitative estimate of drug-likeness (QED) is 0.538. The van der Waals surface area contributed by atoms with Gasteiger partial charge >= 0.3 is 0 Å². The molecule has 100 valence electrons. The van der Waals surface area contributed by atoms with Crippen LogP contribution < -0.4 is 5.73 Å². The molecule has 0 atom stereocenters. The molecule has 0 bridgehead atoms. The highest BCUT2D eigenvalue weighted by molar-refractivity contribution is 7.98. The number of benzene rings is 3. The van der Waals surface area contributed by atoms with Crippen molar-refractivity contribution in [1.82, 2.24) is 0 Å². The van der Waals surface area contributed by atoms with E-state index in [4.69, 9.17) is 5.73 Å². The van der Waals surface area contributed by atoms with Crippen LogP contribution in [-0.4, -0.2) is 0 Å². The predicted octanol–water partition coefficient (Wildman–Crippen LogP) is 5.02. The highest BCUT2D eigenvalue weighted by atomic mass is 32.2. The molecule has 0 spiro atoms. The highest BCUT2D eigenvalue weighted by Crippen LogP contribution is 2.30. The third-order valence-electron chi connectivity index (χ3n) is 3.48. The average Bonchev–Trinajstić information content (AvgIpc) is 2.48. The van der Waals surface area contributed by atoms with Crippen LogP contribution in [0.2, 0.25) is 0 Å². The lowest BCUT2D eigenvalue weighted by Crippen LogP contribution is -1.89. The Morgan fingerprint density at radius 3 is 2.65 bits per heavy atom. The first-order valence-electron chi connectivity index (χ1n) is 6.69. The third-order valence-corrected chi connectivity index (χ3v) is 4.68. The molecule has 0 saturated carbocycles. The van der Waals surface area contributed by atoms with Crippen molar-refractivity contribution >= 4 is 28.2 Å². The smallest absolute Gasteiger partial charge is 0.0325 e. The molecule has 0 saturated heterocycles. The van der Waals surface area contributed by atoms with Crippen molar-refractivity contribution in [3.63, 3.8) is 0 Å². The Hall–Kier alpha value is -1.93. The molecule has 20 heavy (non-hydrogen) atoms. The third kappa shape index (κ3) is 2.66. The fraction of sp³-hybridized carbons (Fsp3) is 0.111. The topological polar surface area (TPSA) is 26.0 Å². The molecule has 0 aliphatic rings. The molecule has 0 aliphatic heterocycles. The molecule has 0 aromatic heterocycles. The van der Waals surface area contributed by atoms with Gasteiger partial charge in [-0.15, -0.1) is 11.8 Å². The molecule has 0 unspecified atom stereocenters. The molecule has 0 fully saturated rings. The minimum absolute atomic E-state index is 0.830. The molecule has 1 nitrogen and oxygen atoms in total. The van der Waals surface area contributed by atoms with E-state index in [2.05, 4.69) is 61.5 Å². The van der Waals surface area contributed by atoms with Crippen molar-refractivity contribution in [2.24, 2.45) is 0 Å². The lowest BCUT2D eigenvalue weighted by Gasteiger charge is -2.09. The van der Waals surface area contributed by atoms with Crippen LogP contribution in [0.25, 0.3) is 10.8 Å². The molecule has 0 heterocycles. The number of hydrogen-bond acceptors (Lipinski definition) is 2. The van der Waals surface area contributed by atoms with Crippen molar-refractivity contribution in [3.05, 3.63) is 71.8 Å². The second-order valence-corrected chi connectivity index (χ2v) is 5.97. The number of thioether (sulfide) groups is 1. The van der Waals surface area contributed by atoms with E-state index < -0.39 is 0 Å². The number of nitrogens with two attached hydrogens (primary N) is 1. The number of hydrogen-bond donors (Lipinski definition) is 1. The molecule has 3 aromatic rings. The molecule has 3 rings (SSSR count). The van der Waals surface area contributed by atoms with E-state index in [-0.39, 0.29) is 0 Å². The second-order valence-electron chi connectivity index (χ2n) is 4.95. The fourth-order valence-electron chi connectivity index (χ4n) is 2.35. The standard InChI is InChI=1S/C18H17NS/c1-13-9-10-16(19)11-18(13)20-12-15-7-4-6-14-5-2-3-8-17(14)15/h2-11H,12,19H2,1H3. The summed E-state index contributed by atoms with van der Waals surface area (Å²) in [7, 11) is 0. The zero-order valence-corrected chi connectivity index (χ0v) is 12.3. The fourth-order valence-corrected chi connectivity index (χ4v) is 3.42. The summed E-state index contributed by atoms with van der Waals surface area (Å²) in [5.41, 5.74) is 9.36. The monoisotopic (exact) mass is 279 g/mol. The van der Waals surface area contributed by atoms with Gasteiger partial charge in [-0.05, 0) is 41.0 Å². The van der Waals surface area contributed by atoms with E-state index in [0.29, 0.717) is 0 Å². The maximum absolute atomic E-state index is 5.87. The largest absolute Gasteiger partial charge is 0.399 e. The lowest BCUT2D eigenvalue weighted by molar-refractivity contribution is 1.29. The van der Waals surface area contributed by atoms with E-state index in [0.717, 1.165) is 11.4 Å². The van der Waals surface area contributed by atoms with E-state index in [9.17, 15) is 0 Å². The van der Waals surface area contributed by atoms with Gasteiger partial charge in [0.25, 0.3) is 0 Å². The first-order valence-corrected chi connectivity index (χ1v) is 7.68. The van der Waals surface area contributed by atoms with Gasteiger partial charge in [0.15, 0.2) is 0 Å². The van der Waals surface area contributed by atoms with Crippen molar-refractivity contribution < 1.29 is 0 Å². The number of rotatable bonds is 3. The van der Waals surface area contributed by atoms with Gasteiger partial charge < -0.3 is 5.73 Å². The van der Waals surface area contributed by atoms with Crippen molar-refractivity contribution in [2.45, 2.75) is 17.6 Å². The Morgan fingerprint density at radius 2 is 1.75 bits per heavy atom. The van der Waals surface area contributed by atoms with Crippen LogP contribution in [0, 0.1) is 6.92 Å². The normalized spacial score (nSPS) is 10.8. The molecular formula is C18H17NS. The highest BCUT2D eigenvalue weighted by Gasteiger charge is 2.04. The molecule has 0 aliphatic carbocycles. The predicted molar refractivity (Wildman–Crippen MR) is 89.1 cm³/mol. The Morgan fingerprint density at radius 1 is 0.950 bits per heavy atom. The van der Waals surface area contributed by atoms with Crippen LogP contribution >= 0.6 is 11.8 Å². The van der Waals surface area contributed by atoms with Gasteiger partial charge in [0.2, 0.25) is 0 Å². The van der Waals surface area contributed by atoms with E-state index in [1.807, 2.05) is 17.8 Å². The van der Waals surface area contributed by atoms with Gasteiger partial charge in [-0.3, -0.25) is 0 Å². The molecule has 0 radical (unpaired) electrons. The van der Waals surface area contributed by atoms with Gasteiger partial charge in [-0.2, -0.15) is 0 Å². The summed E-state index contributed by atoms with van der Waals surface area (Å²) >= 11 is 1.85. The summed E-state index contributed by atoms with van der Waals surface area (Å²) in [6.07, 6.45) is 0. The van der Waals surface area contributed by atoms with Crippen LogP contribution in [-0.2, 0) is 5.75 Å². The molecule has 0 amide bonds. The van der Waals surface area contributed by atoms with Crippen molar-refractivity contribution in [1.29, 1.82) is 0 Å². The first-order chi connectivity index (χ1) is 9.74. The first kappa shape index (κ1) is 13.1. The van der Waals surface area contributed by atoms with Gasteiger partial charge in [0, 0.05) is 16.3 Å². The van der Waals surface area contributed by atoms with Crippen molar-refractivity contribution in [3.8, 4) is 0 Å². The number of aryl methyl sites for hydroxylation is 1. The average molecular weight is 279 g/mol. The summed E-state index contributed by atoms with van der Waals surface area (Å²) in [6, 6.07) is 21.1. The van der Waals surface area contributed by atoms with Gasteiger partial charge in [-0.1, -0.05) is 48.5 Å². The zero-order chi connectivity index (χ0) is 13.9. The summed E-state index contributed by atoms with van der Waals surface area (Å²) < 4.78 is 0. The Balaban J connectivity index is 1.89. The van der Waals surface area contributed by atoms with Crippen LogP contribution in [0.1, 0.15) is 11.1 Å². The van der Waals surface area contributed by atoms with E-state index >= 15 is 0 Å². The maximum Gasteiger partial charge on any atom is 0.0325 e. The van der Waals surface area contributed by atoms with Crippen LogP contribution in [0.3, 0.4) is 0 Å². The zero-order valence-electron chi connectivity index (χ0n) is 11.5. The van der Waals surface area contributed by atoms with Crippen LogP contribution in [0.5, 0.6) is 0 Å². The second kappa shape index (κ2) is 5.59. The van der Waals surface area contributed by atoms with Gasteiger partial charge in [0.05, 0.1) is 0 Å². The van der Waals surface area contributed by atoms with E-state index in [1.54, 1.807) is 0 Å². The Kier molecular flexibility index (Phi) is 3.66. The number of fused-ring (bicyclic) bond motifs is 1. The summed E-state index contributed by atoms with van der Waals surface area (Å²) in [6.45, 7) is 2.13. The molecular weight excluding hydrogens is 262 g/mol. The van der Waals surface area contributed by atoms with Crippen LogP contribution in [0.4, 0.5) is 5.69 Å². The molecule has 3 aromatic carbocycles. The Labute approximate surface area is 123 Å². The van der Waals surface area contributed by atoms with Crippen LogP contribution in [0.15, 0.2) is 65.6 Å². The minimum Gasteiger partial charge on any atom is -0.399 e. The molecule has 2 heteroatoms. The van der Waals surface area contributed by atoms with E-state index in [1.165, 1.54) is 26.8 Å². The SMILES string of the molecule is Cc1ccc(N)cc1SCc1cccc2ccccc12. The van der Waals surface area contributed by atoms with Gasteiger partial charge in [-0.25, -0.2) is 0 Å². The minimum atomic E-state index is 0.830. The summed E-state index contributed by atoms with van der Waals surface area (Å²) in [5.74, 6) is 0.964. The number of nitrogen functional groups attached to an aromatic ring is 1. The summed E-state index contributed by atoms with van der Waals surface area (Å²) in [5, 5.41) is 2.64. The Bertz CT molecular complexity index is 744. The summed E-state index contributed by atoms with van der Waals surface area (Å²) in [4.78, 5) is 1.26.